The minimum atomic E-state index is -2.15. The summed E-state index contributed by atoms with van der Waals surface area (Å²) in [6.07, 6.45) is 3.95. The lowest BCUT2D eigenvalue weighted by Gasteiger charge is -2.18. The molecule has 1 N–H and O–H groups in total. The van der Waals surface area contributed by atoms with E-state index in [4.69, 9.17) is 0 Å². The van der Waals surface area contributed by atoms with Crippen LogP contribution in [0.5, 0.6) is 0 Å². The molecule has 0 bridgehead atoms. The second-order valence-corrected chi connectivity index (χ2v) is 6.00. The quantitative estimate of drug-likeness (QED) is 0.697. The third-order valence-corrected chi connectivity index (χ3v) is 4.80. The number of allylic oxidation sites excluding steroid dienone is 3. The highest BCUT2D eigenvalue weighted by molar-refractivity contribution is 7.79. The van der Waals surface area contributed by atoms with Crippen LogP contribution in [-0.4, -0.2) is 10.7 Å². The van der Waals surface area contributed by atoms with Gasteiger partial charge in [-0.1, -0.05) is 42.5 Å². The maximum Gasteiger partial charge on any atom is 0.0531 e. The van der Waals surface area contributed by atoms with Crippen LogP contribution in [0.25, 0.3) is 0 Å². The third kappa shape index (κ3) is 1.75. The monoisotopic (exact) mass is 204 g/mol. The molecule has 0 aliphatic carbocycles. The molecule has 2 heteroatoms. The predicted octanol–water partition coefficient (Wildman–Crippen LogP) is 2.51. The van der Waals surface area contributed by atoms with Crippen LogP contribution >= 0.6 is 7.11 Å². The first kappa shape index (κ1) is 9.51. The summed E-state index contributed by atoms with van der Waals surface area (Å²) in [6, 6.07) is 9.84. The second kappa shape index (κ2) is 3.61. The highest BCUT2D eigenvalue weighted by Crippen LogP contribution is 2.44. The third-order valence-electron chi connectivity index (χ3n) is 2.24. The summed E-state index contributed by atoms with van der Waals surface area (Å²) in [5.41, 5.74) is 1.13. The van der Waals surface area contributed by atoms with E-state index in [1.54, 1.807) is 0 Å². The standard InChI is InChI=1S/C12H13OP/c1-11-6-5-9-14(13,10-11)12-7-3-2-4-8-12/h2-10,13H,1H3. The van der Waals surface area contributed by atoms with Gasteiger partial charge in [0.15, 0.2) is 0 Å². The Kier molecular flexibility index (Phi) is 2.45. The highest BCUT2D eigenvalue weighted by atomic mass is 31.2. The van der Waals surface area contributed by atoms with Crippen LogP contribution in [0.3, 0.4) is 0 Å². The maximum atomic E-state index is 10.4. The van der Waals surface area contributed by atoms with Crippen LogP contribution in [-0.2, 0) is 0 Å². The Hall–Kier alpha value is -1.04. The summed E-state index contributed by atoms with van der Waals surface area (Å²) < 4.78 is 0. The SMILES string of the molecule is CC1=CC=CP(O)(c2ccccc2)=C1. The van der Waals surface area contributed by atoms with E-state index in [-0.39, 0.29) is 0 Å². The van der Waals surface area contributed by atoms with Crippen molar-refractivity contribution in [2.24, 2.45) is 0 Å². The van der Waals surface area contributed by atoms with Crippen molar-refractivity contribution in [1.29, 1.82) is 0 Å². The summed E-state index contributed by atoms with van der Waals surface area (Å²) in [7, 11) is -2.15. The fourth-order valence-corrected chi connectivity index (χ4v) is 3.66. The molecule has 1 aliphatic rings. The molecule has 1 aromatic rings. The minimum absolute atomic E-state index is 1.02. The number of rotatable bonds is 1. The van der Waals surface area contributed by atoms with Crippen molar-refractivity contribution in [3.05, 3.63) is 53.9 Å². The van der Waals surface area contributed by atoms with Gasteiger partial charge in [-0.3, -0.25) is 0 Å². The number of hydrogen-bond donors (Lipinski definition) is 1. The minimum Gasteiger partial charge on any atom is -0.368 e. The lowest BCUT2D eigenvalue weighted by Crippen LogP contribution is -2.05. The summed E-state index contributed by atoms with van der Waals surface area (Å²) >= 11 is 0. The molecule has 0 saturated carbocycles. The van der Waals surface area contributed by atoms with Crippen molar-refractivity contribution in [1.82, 2.24) is 0 Å². The van der Waals surface area contributed by atoms with Gasteiger partial charge in [0.2, 0.25) is 0 Å². The fraction of sp³-hybridized carbons (Fsp3) is 0.0833. The van der Waals surface area contributed by atoms with Crippen molar-refractivity contribution >= 4 is 18.2 Å². The average molecular weight is 204 g/mol. The second-order valence-electron chi connectivity index (χ2n) is 3.46. The predicted molar refractivity (Wildman–Crippen MR) is 64.2 cm³/mol. The van der Waals surface area contributed by atoms with Gasteiger partial charge < -0.3 is 4.89 Å². The molecule has 1 aliphatic heterocycles. The summed E-state index contributed by atoms with van der Waals surface area (Å²) in [5, 5.41) is 1.02. The largest absolute Gasteiger partial charge is 0.368 e. The van der Waals surface area contributed by atoms with Crippen molar-refractivity contribution in [2.75, 3.05) is 0 Å². The fourth-order valence-electron chi connectivity index (χ4n) is 1.55. The van der Waals surface area contributed by atoms with Crippen molar-refractivity contribution < 1.29 is 4.89 Å². The van der Waals surface area contributed by atoms with Gasteiger partial charge in [0, 0.05) is 5.30 Å². The van der Waals surface area contributed by atoms with Crippen LogP contribution in [0.2, 0.25) is 0 Å². The molecule has 0 saturated heterocycles. The van der Waals surface area contributed by atoms with Gasteiger partial charge in [-0.25, -0.2) is 0 Å². The normalized spacial score (nSPS) is 25.4. The van der Waals surface area contributed by atoms with Gasteiger partial charge >= 0.3 is 0 Å². The summed E-state index contributed by atoms with van der Waals surface area (Å²) in [4.78, 5) is 10.4. The van der Waals surface area contributed by atoms with Gasteiger partial charge in [0.1, 0.15) is 0 Å². The van der Waals surface area contributed by atoms with E-state index in [9.17, 15) is 4.89 Å². The molecule has 0 fully saturated rings. The molecule has 0 amide bonds. The van der Waals surface area contributed by atoms with Crippen molar-refractivity contribution in [3.63, 3.8) is 0 Å². The average Bonchev–Trinajstić information content (AvgIpc) is 2.19. The van der Waals surface area contributed by atoms with E-state index in [1.165, 1.54) is 0 Å². The Morgan fingerprint density at radius 2 is 1.86 bits per heavy atom. The molecule has 72 valence electrons. The molecule has 2 rings (SSSR count). The lowest BCUT2D eigenvalue weighted by atomic mass is 10.3. The Morgan fingerprint density at radius 1 is 1.14 bits per heavy atom. The Balaban J connectivity index is 2.55. The Bertz CT molecular complexity index is 441. The first-order chi connectivity index (χ1) is 6.71. The van der Waals surface area contributed by atoms with E-state index < -0.39 is 7.11 Å². The van der Waals surface area contributed by atoms with Gasteiger partial charge in [0.25, 0.3) is 0 Å². The molecule has 1 aromatic carbocycles. The molecule has 0 spiro atoms. The molecular formula is C12H13OP. The molecule has 0 aromatic heterocycles. The van der Waals surface area contributed by atoms with Crippen LogP contribution < -0.4 is 5.30 Å². The molecule has 14 heavy (non-hydrogen) atoms. The smallest absolute Gasteiger partial charge is 0.0531 e. The van der Waals surface area contributed by atoms with Crippen molar-refractivity contribution in [3.8, 4) is 0 Å². The zero-order chi connectivity index (χ0) is 10.0. The maximum absolute atomic E-state index is 10.4. The van der Waals surface area contributed by atoms with Gasteiger partial charge in [-0.15, -0.1) is 0 Å². The molecule has 0 radical (unpaired) electrons. The zero-order valence-corrected chi connectivity index (χ0v) is 8.99. The van der Waals surface area contributed by atoms with Crippen LogP contribution in [0.1, 0.15) is 6.92 Å². The molecule has 1 heterocycles. The van der Waals surface area contributed by atoms with E-state index in [0.29, 0.717) is 0 Å². The van der Waals surface area contributed by atoms with Crippen LogP contribution in [0, 0.1) is 0 Å². The topological polar surface area (TPSA) is 20.2 Å². The van der Waals surface area contributed by atoms with E-state index in [1.807, 2.05) is 61.0 Å². The Labute approximate surface area is 84.5 Å². The Morgan fingerprint density at radius 3 is 2.50 bits per heavy atom. The van der Waals surface area contributed by atoms with E-state index in [0.717, 1.165) is 10.9 Å². The van der Waals surface area contributed by atoms with Crippen LogP contribution in [0.15, 0.2) is 53.9 Å². The van der Waals surface area contributed by atoms with Crippen molar-refractivity contribution in [2.45, 2.75) is 6.92 Å². The number of benzene rings is 1. The summed E-state index contributed by atoms with van der Waals surface area (Å²) in [6.45, 7) is 2.01. The first-order valence-electron chi connectivity index (χ1n) is 4.59. The number of hydrogen-bond acceptors (Lipinski definition) is 1. The molecular weight excluding hydrogens is 191 g/mol. The zero-order valence-electron chi connectivity index (χ0n) is 8.09. The van der Waals surface area contributed by atoms with E-state index >= 15 is 0 Å². The summed E-state index contributed by atoms with van der Waals surface area (Å²) in [5.74, 6) is 3.89. The molecule has 1 atom stereocenters. The molecule has 1 unspecified atom stereocenters. The first-order valence-corrected chi connectivity index (χ1v) is 6.47. The van der Waals surface area contributed by atoms with Gasteiger partial charge in [0.05, 0.1) is 7.11 Å². The molecule has 1 nitrogen and oxygen atoms in total. The van der Waals surface area contributed by atoms with E-state index in [2.05, 4.69) is 0 Å². The van der Waals surface area contributed by atoms with Gasteiger partial charge in [-0.05, 0) is 24.1 Å². The lowest BCUT2D eigenvalue weighted by molar-refractivity contribution is 0.640. The highest BCUT2D eigenvalue weighted by Gasteiger charge is 2.13. The van der Waals surface area contributed by atoms with Crippen LogP contribution in [0.4, 0.5) is 0 Å². The van der Waals surface area contributed by atoms with Gasteiger partial charge in [-0.2, -0.15) is 0 Å².